The monoisotopic (exact) mass is 353 g/mol. The number of alkyl halides is 3. The number of halogens is 3. The summed E-state index contributed by atoms with van der Waals surface area (Å²) in [6.07, 6.45) is 0. The molecule has 0 radical (unpaired) electrons. The van der Waals surface area contributed by atoms with E-state index in [2.05, 4.69) is 51.6 Å². The van der Waals surface area contributed by atoms with Crippen LogP contribution in [-0.4, -0.2) is 18.5 Å². The molecule has 0 unspecified atom stereocenters. The van der Waals surface area contributed by atoms with E-state index in [0.29, 0.717) is 0 Å². The maximum atomic E-state index is 10.7. The molecule has 0 heterocycles. The summed E-state index contributed by atoms with van der Waals surface area (Å²) in [5.41, 5.74) is -5.53. The molecule has 1 N–H and O–H groups in total. The summed E-state index contributed by atoms with van der Waals surface area (Å²) in [6, 6.07) is 0. The van der Waals surface area contributed by atoms with Crippen molar-refractivity contribution in [2.24, 2.45) is 0 Å². The molecule has 0 aromatic heterocycles. The van der Waals surface area contributed by atoms with Crippen LogP contribution >= 0.6 is 0 Å². The second kappa shape index (κ2) is 5.80. The van der Waals surface area contributed by atoms with Gasteiger partial charge in [-0.15, -0.1) is 0 Å². The average molecular weight is 352 g/mol. The Hall–Kier alpha value is 1.22. The van der Waals surface area contributed by atoms with Crippen molar-refractivity contribution >= 4 is 10.1 Å². The predicted molar refractivity (Wildman–Crippen MR) is 28.1 cm³/mol. The number of hydrogen-bond acceptors (Lipinski definition) is 2. The first-order chi connectivity index (χ1) is 4.66. The van der Waals surface area contributed by atoms with Crippen LogP contribution in [0.4, 0.5) is 13.2 Å². The van der Waals surface area contributed by atoms with Gasteiger partial charge in [0.15, 0.2) is 0 Å². The summed E-state index contributed by atoms with van der Waals surface area (Å²) in [5, 5.41) is 0. The van der Waals surface area contributed by atoms with Crippen molar-refractivity contribution in [2.75, 3.05) is 0 Å². The minimum atomic E-state index is -5.84. The van der Waals surface area contributed by atoms with Crippen molar-refractivity contribution in [1.29, 1.82) is 0 Å². The molecule has 11 heavy (non-hydrogen) atoms. The van der Waals surface area contributed by atoms with Crippen LogP contribution in [0.5, 0.6) is 0 Å². The number of hydrogen-bond donors (Lipinski definition) is 1. The standard InChI is InChI=1S/C2H5.CHF3O3S.Yb/c1-2;2-1(3,4)8(5,6)7;/h1H2,2H3;(H,5,6,7);. The molecule has 77 valence electrons. The molecule has 0 amide bonds. The molecule has 0 spiro atoms. The van der Waals surface area contributed by atoms with Crippen molar-refractivity contribution in [3.05, 3.63) is 0 Å². The summed E-state index contributed by atoms with van der Waals surface area (Å²) >= 11 is 2.88. The van der Waals surface area contributed by atoms with Crippen molar-refractivity contribution < 1.29 is 70.8 Å². The average Bonchev–Trinajstić information content (AvgIpc) is 1.60. The minimum absolute atomic E-state index is 1.11. The summed E-state index contributed by atoms with van der Waals surface area (Å²) in [7, 11) is -5.84. The molecule has 0 aliphatic heterocycles. The van der Waals surface area contributed by atoms with Crippen LogP contribution in [-0.2, 0) is 10.1 Å². The van der Waals surface area contributed by atoms with Crippen LogP contribution in [0.15, 0.2) is 0 Å². The smallest absolute Gasteiger partial charge is 0.279 e. The maximum Gasteiger partial charge on any atom is 0.522 e. The Morgan fingerprint density at radius 1 is 1.45 bits per heavy atom. The van der Waals surface area contributed by atoms with Crippen LogP contribution in [0.1, 0.15) is 6.92 Å². The molecule has 0 atom stereocenters. The van der Waals surface area contributed by atoms with Gasteiger partial charge in [0.05, 0.1) is 0 Å². The largest absolute Gasteiger partial charge is 0.522 e. The minimum Gasteiger partial charge on any atom is -0.279 e. The van der Waals surface area contributed by atoms with Gasteiger partial charge >= 0.3 is 68.4 Å². The van der Waals surface area contributed by atoms with Gasteiger partial charge in [0, 0.05) is 0 Å². The fourth-order valence-electron chi connectivity index (χ4n) is 0. The van der Waals surface area contributed by atoms with Gasteiger partial charge in [-0.2, -0.15) is 21.6 Å². The van der Waals surface area contributed by atoms with Gasteiger partial charge in [-0.1, -0.05) is 0 Å². The van der Waals surface area contributed by atoms with Crippen LogP contribution in [0.25, 0.3) is 0 Å². The van der Waals surface area contributed by atoms with E-state index in [1.165, 1.54) is 0 Å². The van der Waals surface area contributed by atoms with Gasteiger partial charge in [-0.3, -0.25) is 4.55 Å². The van der Waals surface area contributed by atoms with E-state index in [4.69, 9.17) is 13.0 Å². The van der Waals surface area contributed by atoms with Crippen molar-refractivity contribution in [3.8, 4) is 0 Å². The van der Waals surface area contributed by atoms with Crippen molar-refractivity contribution in [1.82, 2.24) is 0 Å². The van der Waals surface area contributed by atoms with Crippen LogP contribution < -0.4 is 0 Å². The maximum absolute atomic E-state index is 10.7. The molecule has 0 saturated heterocycles. The Labute approximate surface area is 93.3 Å². The third-order valence-electron chi connectivity index (χ3n) is 0.292. The summed E-state index contributed by atoms with van der Waals surface area (Å²) in [5.74, 6) is 0. The predicted octanol–water partition coefficient (Wildman–Crippen LogP) is 1.37. The third kappa shape index (κ3) is 9.13. The van der Waals surface area contributed by atoms with Gasteiger partial charge in [0.2, 0.25) is 0 Å². The fraction of sp³-hybridized carbons (Fsp3) is 1.00. The van der Waals surface area contributed by atoms with Gasteiger partial charge in [-0.05, 0) is 0 Å². The van der Waals surface area contributed by atoms with Gasteiger partial charge in [0.1, 0.15) is 0 Å². The van der Waals surface area contributed by atoms with E-state index in [1.54, 1.807) is 0 Å². The van der Waals surface area contributed by atoms with E-state index in [-0.39, 0.29) is 0 Å². The fourth-order valence-corrected chi connectivity index (χ4v) is 0. The molecular weight excluding hydrogens is 346 g/mol. The van der Waals surface area contributed by atoms with E-state index < -0.39 is 15.6 Å². The Morgan fingerprint density at radius 3 is 1.55 bits per heavy atom. The van der Waals surface area contributed by atoms with Gasteiger partial charge in [-0.25, -0.2) is 0 Å². The summed E-state index contributed by atoms with van der Waals surface area (Å²) in [6.45, 7) is 2.06. The third-order valence-corrected chi connectivity index (χ3v) is 0.877. The normalized spacial score (nSPS) is 11.9. The molecular formula is C3H6F3O3SYb. The first-order valence-electron chi connectivity index (χ1n) is 2.18. The SMILES string of the molecule is C[CH2][Yb].O=S(=O)(O)C(F)(F)F. The first-order valence-corrected chi connectivity index (χ1v) is 4.84. The molecule has 0 aromatic carbocycles. The van der Waals surface area contributed by atoms with Crippen molar-refractivity contribution in [2.45, 2.75) is 13.6 Å². The quantitative estimate of drug-likeness (QED) is 0.529. The molecule has 0 saturated carbocycles. The molecule has 8 heteroatoms. The summed E-state index contributed by atoms with van der Waals surface area (Å²) in [4.78, 5) is 0. The second-order valence-electron chi connectivity index (χ2n) is 1.11. The second-order valence-corrected chi connectivity index (χ2v) is 3.74. The van der Waals surface area contributed by atoms with Crippen LogP contribution in [0.3, 0.4) is 0 Å². The van der Waals surface area contributed by atoms with E-state index >= 15 is 0 Å². The van der Waals surface area contributed by atoms with Gasteiger partial charge < -0.3 is 0 Å². The van der Waals surface area contributed by atoms with Crippen LogP contribution in [0.2, 0.25) is 1.18 Å². The molecule has 3 nitrogen and oxygen atoms in total. The zero-order chi connectivity index (χ0) is 9.71. The van der Waals surface area contributed by atoms with E-state index in [1.807, 2.05) is 0 Å². The topological polar surface area (TPSA) is 54.4 Å². The first kappa shape index (κ1) is 14.7. The molecule has 0 aliphatic carbocycles. The van der Waals surface area contributed by atoms with Crippen molar-refractivity contribution in [3.63, 3.8) is 0 Å². The van der Waals surface area contributed by atoms with Gasteiger partial charge in [0.25, 0.3) is 0 Å². The van der Waals surface area contributed by atoms with E-state index in [0.717, 1.165) is 1.18 Å². The molecule has 0 aromatic rings. The molecule has 0 aliphatic rings. The molecule has 0 rings (SSSR count). The Morgan fingerprint density at radius 2 is 1.55 bits per heavy atom. The van der Waals surface area contributed by atoms with E-state index in [9.17, 15) is 13.2 Å². The Kier molecular flexibility index (Phi) is 7.76. The van der Waals surface area contributed by atoms with Crippen LogP contribution in [0, 0.1) is 44.6 Å². The molecule has 0 fully saturated rings. The zero-order valence-corrected chi connectivity index (χ0v) is 7.81. The molecule has 0 bridgehead atoms. The zero-order valence-electron chi connectivity index (χ0n) is 5.28. The number of rotatable bonds is 0. The Bertz CT molecular complexity index is 184. The summed E-state index contributed by atoms with van der Waals surface area (Å²) < 4.78 is 58.7. The Balaban J connectivity index is 0.